The Morgan fingerprint density at radius 1 is 1.50 bits per heavy atom. The third kappa shape index (κ3) is 3.69. The quantitative estimate of drug-likeness (QED) is 0.848. The molecular weight excluding hydrogens is 344 g/mol. The van der Waals surface area contributed by atoms with E-state index in [1.165, 1.54) is 4.31 Å². The Kier molecular flexibility index (Phi) is 5.00. The number of piperidine rings is 1. The van der Waals surface area contributed by atoms with E-state index in [0.29, 0.717) is 31.4 Å². The molecule has 1 aliphatic rings. The number of halogens is 1. The minimum atomic E-state index is -3.54. The van der Waals surface area contributed by atoms with Gasteiger partial charge in [0.05, 0.1) is 0 Å². The molecule has 3 N–H and O–H groups in total. The molecule has 0 spiro atoms. The average molecular weight is 363 g/mol. The van der Waals surface area contributed by atoms with E-state index < -0.39 is 10.2 Å². The highest BCUT2D eigenvalue weighted by atomic mass is 79.9. The summed E-state index contributed by atoms with van der Waals surface area (Å²) in [6.45, 7) is 3.45. The van der Waals surface area contributed by atoms with Crippen LogP contribution in [0.2, 0.25) is 0 Å². The van der Waals surface area contributed by atoms with Gasteiger partial charge in [-0.2, -0.15) is 12.7 Å². The molecular formula is C12H19BrN4O2S. The number of hydrogen-bond donors (Lipinski definition) is 2. The van der Waals surface area contributed by atoms with Gasteiger partial charge in [0.2, 0.25) is 0 Å². The summed E-state index contributed by atoms with van der Waals surface area (Å²) in [5.74, 6) is 0.795. The Morgan fingerprint density at radius 2 is 2.15 bits per heavy atom. The number of nitrogens with two attached hydrogens (primary N) is 1. The molecule has 8 heteroatoms. The average Bonchev–Trinajstić information content (AvgIpc) is 2.42. The molecule has 112 valence electrons. The first kappa shape index (κ1) is 15.7. The summed E-state index contributed by atoms with van der Waals surface area (Å²) in [6, 6.07) is 1.82. The van der Waals surface area contributed by atoms with Crippen molar-refractivity contribution in [2.45, 2.75) is 19.8 Å². The molecule has 6 nitrogen and oxygen atoms in total. The van der Waals surface area contributed by atoms with E-state index in [4.69, 9.17) is 5.73 Å². The van der Waals surface area contributed by atoms with Crippen molar-refractivity contribution in [2.24, 2.45) is 11.7 Å². The molecule has 1 aromatic rings. The molecule has 0 unspecified atom stereocenters. The molecule has 0 aromatic carbocycles. The maximum absolute atomic E-state index is 12.3. The molecule has 1 saturated heterocycles. The van der Waals surface area contributed by atoms with Crippen molar-refractivity contribution < 1.29 is 8.42 Å². The number of anilines is 1. The molecule has 0 aliphatic carbocycles. The number of hydrogen-bond acceptors (Lipinski definition) is 4. The zero-order chi connectivity index (χ0) is 14.8. The normalized spacial score (nSPS) is 18.1. The molecule has 0 radical (unpaired) electrons. The molecule has 0 bridgehead atoms. The molecule has 1 fully saturated rings. The first-order valence-electron chi connectivity index (χ1n) is 6.52. The molecule has 0 amide bonds. The lowest BCUT2D eigenvalue weighted by molar-refractivity contribution is 0.280. The highest BCUT2D eigenvalue weighted by Gasteiger charge is 2.28. The zero-order valence-corrected chi connectivity index (χ0v) is 13.7. The van der Waals surface area contributed by atoms with Gasteiger partial charge >= 0.3 is 10.2 Å². The zero-order valence-electron chi connectivity index (χ0n) is 11.3. The summed E-state index contributed by atoms with van der Waals surface area (Å²) in [4.78, 5) is 4.11. The third-order valence-electron chi connectivity index (χ3n) is 3.52. The minimum absolute atomic E-state index is 0.370. The van der Waals surface area contributed by atoms with Crippen LogP contribution in [0, 0.1) is 12.8 Å². The maximum atomic E-state index is 12.3. The number of rotatable bonds is 4. The maximum Gasteiger partial charge on any atom is 0.302 e. The number of nitrogens with one attached hydrogen (secondary N) is 1. The molecule has 1 aromatic heterocycles. The number of aromatic nitrogens is 1. The van der Waals surface area contributed by atoms with Crippen LogP contribution in [0.15, 0.2) is 16.7 Å². The monoisotopic (exact) mass is 362 g/mol. The third-order valence-corrected chi connectivity index (χ3v) is 5.45. The highest BCUT2D eigenvalue weighted by molar-refractivity contribution is 9.10. The van der Waals surface area contributed by atoms with Crippen LogP contribution < -0.4 is 10.5 Å². The van der Waals surface area contributed by atoms with Gasteiger partial charge in [-0.15, -0.1) is 0 Å². The lowest BCUT2D eigenvalue weighted by atomic mass is 9.99. The van der Waals surface area contributed by atoms with Gasteiger partial charge in [-0.25, -0.2) is 4.98 Å². The Bertz CT molecular complexity index is 571. The van der Waals surface area contributed by atoms with E-state index in [9.17, 15) is 8.42 Å². The van der Waals surface area contributed by atoms with Gasteiger partial charge in [-0.3, -0.25) is 4.72 Å². The lowest BCUT2D eigenvalue weighted by Crippen LogP contribution is -2.43. The Labute approximate surface area is 128 Å². The van der Waals surface area contributed by atoms with Crippen molar-refractivity contribution in [3.63, 3.8) is 0 Å². The Balaban J connectivity index is 2.08. The molecule has 20 heavy (non-hydrogen) atoms. The molecule has 2 rings (SSSR count). The smallest absolute Gasteiger partial charge is 0.302 e. The second-order valence-electron chi connectivity index (χ2n) is 5.00. The van der Waals surface area contributed by atoms with Crippen LogP contribution in [-0.2, 0) is 10.2 Å². The minimum Gasteiger partial charge on any atom is -0.330 e. The standard InChI is InChI=1S/C12H19BrN4O2S/c1-9-6-11(13)8-15-12(9)16-20(18,19)17-4-2-10(7-14)3-5-17/h6,8,10H,2-5,7,14H2,1H3,(H,15,16). The van der Waals surface area contributed by atoms with Gasteiger partial charge < -0.3 is 5.73 Å². The molecule has 2 heterocycles. The van der Waals surface area contributed by atoms with Crippen LogP contribution in [0.3, 0.4) is 0 Å². The van der Waals surface area contributed by atoms with Crippen molar-refractivity contribution in [2.75, 3.05) is 24.4 Å². The van der Waals surface area contributed by atoms with Crippen LogP contribution in [0.25, 0.3) is 0 Å². The molecule has 0 atom stereocenters. The first-order valence-corrected chi connectivity index (χ1v) is 8.76. The van der Waals surface area contributed by atoms with Gasteiger partial charge in [0, 0.05) is 23.8 Å². The largest absolute Gasteiger partial charge is 0.330 e. The SMILES string of the molecule is Cc1cc(Br)cnc1NS(=O)(=O)N1CCC(CN)CC1. The fourth-order valence-electron chi connectivity index (χ4n) is 2.22. The van der Waals surface area contributed by atoms with E-state index in [2.05, 4.69) is 25.6 Å². The van der Waals surface area contributed by atoms with Crippen molar-refractivity contribution in [1.82, 2.24) is 9.29 Å². The van der Waals surface area contributed by atoms with E-state index in [1.54, 1.807) is 6.20 Å². The fourth-order valence-corrected chi connectivity index (χ4v) is 3.94. The van der Waals surface area contributed by atoms with E-state index >= 15 is 0 Å². The van der Waals surface area contributed by atoms with Crippen LogP contribution in [0.1, 0.15) is 18.4 Å². The number of nitrogens with zero attached hydrogens (tertiary/aromatic N) is 2. The van der Waals surface area contributed by atoms with Gasteiger partial charge in [0.1, 0.15) is 5.82 Å². The van der Waals surface area contributed by atoms with Gasteiger partial charge in [0.25, 0.3) is 0 Å². The van der Waals surface area contributed by atoms with E-state index in [1.807, 2.05) is 13.0 Å². The first-order chi connectivity index (χ1) is 9.42. The van der Waals surface area contributed by atoms with Gasteiger partial charge in [-0.1, -0.05) is 0 Å². The second-order valence-corrected chi connectivity index (χ2v) is 7.59. The Morgan fingerprint density at radius 3 is 2.70 bits per heavy atom. The van der Waals surface area contributed by atoms with E-state index in [-0.39, 0.29) is 0 Å². The van der Waals surface area contributed by atoms with Crippen molar-refractivity contribution in [3.8, 4) is 0 Å². The summed E-state index contributed by atoms with van der Waals surface area (Å²) < 4.78 is 29.5. The summed E-state index contributed by atoms with van der Waals surface area (Å²) in [5.41, 5.74) is 6.39. The summed E-state index contributed by atoms with van der Waals surface area (Å²) in [5, 5.41) is 0. The van der Waals surface area contributed by atoms with Crippen LogP contribution in [0.5, 0.6) is 0 Å². The van der Waals surface area contributed by atoms with Gasteiger partial charge in [-0.05, 0) is 59.8 Å². The summed E-state index contributed by atoms with van der Waals surface area (Å²) in [6.07, 6.45) is 3.19. The summed E-state index contributed by atoms with van der Waals surface area (Å²) >= 11 is 3.31. The second kappa shape index (κ2) is 6.38. The van der Waals surface area contributed by atoms with Crippen LogP contribution in [-0.4, -0.2) is 37.3 Å². The Hall–Kier alpha value is -0.700. The van der Waals surface area contributed by atoms with Crippen LogP contribution in [0.4, 0.5) is 5.82 Å². The van der Waals surface area contributed by atoms with Crippen molar-refractivity contribution in [3.05, 3.63) is 22.3 Å². The predicted octanol–water partition coefficient (Wildman–Crippen LogP) is 1.48. The fraction of sp³-hybridized carbons (Fsp3) is 0.583. The molecule has 1 aliphatic heterocycles. The van der Waals surface area contributed by atoms with Gasteiger partial charge in [0.15, 0.2) is 0 Å². The number of aryl methyl sites for hydroxylation is 1. The van der Waals surface area contributed by atoms with Crippen molar-refractivity contribution in [1.29, 1.82) is 0 Å². The topological polar surface area (TPSA) is 88.3 Å². The lowest BCUT2D eigenvalue weighted by Gasteiger charge is -2.30. The van der Waals surface area contributed by atoms with Crippen LogP contribution >= 0.6 is 15.9 Å². The highest BCUT2D eigenvalue weighted by Crippen LogP contribution is 2.22. The van der Waals surface area contributed by atoms with Crippen molar-refractivity contribution >= 4 is 32.0 Å². The molecule has 0 saturated carbocycles. The summed E-state index contributed by atoms with van der Waals surface area (Å²) in [7, 11) is -3.54. The number of pyridine rings is 1. The van der Waals surface area contributed by atoms with E-state index in [0.717, 1.165) is 22.9 Å². The predicted molar refractivity (Wildman–Crippen MR) is 82.6 cm³/mol.